The molecule has 7 heteroatoms. The molecule has 1 aliphatic rings. The average Bonchev–Trinajstić information content (AvgIpc) is 3.54. The highest BCUT2D eigenvalue weighted by molar-refractivity contribution is 6.31. The molecule has 0 spiro atoms. The number of halogens is 1. The summed E-state index contributed by atoms with van der Waals surface area (Å²) in [7, 11) is 0. The maximum Gasteiger partial charge on any atom is 0.415 e. The topological polar surface area (TPSA) is 63.6 Å². The number of anilines is 1. The molecule has 0 saturated heterocycles. The molecular weight excluding hydrogens is 414 g/mol. The molecule has 6 nitrogen and oxygen atoms in total. The molecule has 162 valence electrons. The van der Waals surface area contributed by atoms with E-state index in [0.717, 1.165) is 29.3 Å². The fourth-order valence-electron chi connectivity index (χ4n) is 3.63. The molecule has 1 heterocycles. The molecule has 1 aromatic heterocycles. The number of rotatable bonds is 7. The zero-order chi connectivity index (χ0) is 22.0. The van der Waals surface area contributed by atoms with Gasteiger partial charge >= 0.3 is 6.09 Å². The van der Waals surface area contributed by atoms with Crippen LogP contribution < -0.4 is 10.1 Å². The van der Waals surface area contributed by atoms with E-state index in [1.165, 1.54) is 0 Å². The number of nitrogens with zero attached hydrogens (tertiary/aromatic N) is 2. The second kappa shape index (κ2) is 9.02. The van der Waals surface area contributed by atoms with Crippen molar-refractivity contribution in [3.05, 3.63) is 59.2 Å². The highest BCUT2D eigenvalue weighted by Gasteiger charge is 2.31. The fraction of sp³-hybridized carbons (Fsp3) is 0.333. The minimum absolute atomic E-state index is 0.0341. The van der Waals surface area contributed by atoms with Crippen molar-refractivity contribution < 1.29 is 14.3 Å². The Kier molecular flexibility index (Phi) is 6.18. The maximum absolute atomic E-state index is 12.6. The highest BCUT2D eigenvalue weighted by Crippen LogP contribution is 2.37. The molecule has 0 atom stereocenters. The standard InChI is InChI=1S/C24H26ClN3O3/c1-3-27(4-2)24(30)31-21-12-11-20-18(22(21)26-23(29)16-9-10-16)13-14-28(20)15-17-7-5-6-8-19(17)25/h5-8,11-14,16H,3-4,9-10,15H2,1-2H3,(H,26,29). The number of aromatic nitrogens is 1. The summed E-state index contributed by atoms with van der Waals surface area (Å²) in [6.45, 7) is 5.50. The molecule has 4 rings (SSSR count). The maximum atomic E-state index is 12.6. The van der Waals surface area contributed by atoms with Crippen LogP contribution >= 0.6 is 11.6 Å². The number of hydrogen-bond donors (Lipinski definition) is 1. The lowest BCUT2D eigenvalue weighted by molar-refractivity contribution is -0.117. The highest BCUT2D eigenvalue weighted by atomic mass is 35.5. The number of nitrogens with one attached hydrogen (secondary N) is 1. The second-order valence-electron chi connectivity index (χ2n) is 7.71. The second-order valence-corrected chi connectivity index (χ2v) is 8.12. The fourth-order valence-corrected chi connectivity index (χ4v) is 3.82. The van der Waals surface area contributed by atoms with Crippen molar-refractivity contribution in [3.8, 4) is 5.75 Å². The summed E-state index contributed by atoms with van der Waals surface area (Å²) in [5.41, 5.74) is 2.46. The monoisotopic (exact) mass is 439 g/mol. The molecule has 2 amide bonds. The van der Waals surface area contributed by atoms with Gasteiger partial charge in [0.2, 0.25) is 5.91 Å². The van der Waals surface area contributed by atoms with Gasteiger partial charge < -0.3 is 19.5 Å². The summed E-state index contributed by atoms with van der Waals surface area (Å²) in [4.78, 5) is 26.7. The Morgan fingerprint density at radius 1 is 1.13 bits per heavy atom. The van der Waals surface area contributed by atoms with Crippen LogP contribution in [0.25, 0.3) is 10.9 Å². The Balaban J connectivity index is 1.71. The first kappa shape index (κ1) is 21.2. The van der Waals surface area contributed by atoms with Crippen LogP contribution in [0.1, 0.15) is 32.3 Å². The largest absolute Gasteiger partial charge is 0.415 e. The number of hydrogen-bond acceptors (Lipinski definition) is 3. The lowest BCUT2D eigenvalue weighted by Crippen LogP contribution is -2.33. The van der Waals surface area contributed by atoms with Crippen LogP contribution in [0.2, 0.25) is 5.02 Å². The molecule has 3 aromatic rings. The molecule has 0 aliphatic heterocycles. The molecule has 0 bridgehead atoms. The Morgan fingerprint density at radius 2 is 1.87 bits per heavy atom. The number of amides is 2. The van der Waals surface area contributed by atoms with Crippen molar-refractivity contribution in [1.82, 2.24) is 9.47 Å². The molecule has 0 unspecified atom stereocenters. The lowest BCUT2D eigenvalue weighted by atomic mass is 10.1. The summed E-state index contributed by atoms with van der Waals surface area (Å²) in [5.74, 6) is 0.354. The SMILES string of the molecule is CCN(CC)C(=O)Oc1ccc2c(ccn2Cc2ccccc2Cl)c1NC(=O)C1CC1. The molecule has 2 aromatic carbocycles. The van der Waals surface area contributed by atoms with Crippen molar-refractivity contribution in [3.63, 3.8) is 0 Å². The number of fused-ring (bicyclic) bond motifs is 1. The van der Waals surface area contributed by atoms with Crippen LogP contribution in [-0.2, 0) is 11.3 Å². The van der Waals surface area contributed by atoms with E-state index in [0.29, 0.717) is 36.1 Å². The van der Waals surface area contributed by atoms with Crippen molar-refractivity contribution in [2.24, 2.45) is 5.92 Å². The van der Waals surface area contributed by atoms with Gasteiger partial charge in [0.05, 0.1) is 11.2 Å². The van der Waals surface area contributed by atoms with E-state index in [2.05, 4.69) is 9.88 Å². The number of benzene rings is 2. The van der Waals surface area contributed by atoms with Gasteiger partial charge in [-0.05, 0) is 56.5 Å². The third-order valence-corrected chi connectivity index (χ3v) is 6.00. The first-order chi connectivity index (χ1) is 15.0. The Hall–Kier alpha value is -2.99. The first-order valence-corrected chi connectivity index (χ1v) is 11.0. The van der Waals surface area contributed by atoms with Gasteiger partial charge in [-0.3, -0.25) is 4.79 Å². The van der Waals surface area contributed by atoms with Crippen LogP contribution in [0.4, 0.5) is 10.5 Å². The van der Waals surface area contributed by atoms with Gasteiger partial charge in [0.15, 0.2) is 5.75 Å². The van der Waals surface area contributed by atoms with E-state index in [9.17, 15) is 9.59 Å². The third kappa shape index (κ3) is 4.54. The Labute approximate surface area is 186 Å². The van der Waals surface area contributed by atoms with E-state index in [1.807, 2.05) is 56.4 Å². The lowest BCUT2D eigenvalue weighted by Gasteiger charge is -2.20. The van der Waals surface area contributed by atoms with E-state index in [1.54, 1.807) is 11.0 Å². The molecule has 1 N–H and O–H groups in total. The minimum Gasteiger partial charge on any atom is -0.408 e. The van der Waals surface area contributed by atoms with Crippen LogP contribution in [-0.4, -0.2) is 34.6 Å². The zero-order valence-corrected chi connectivity index (χ0v) is 18.5. The van der Waals surface area contributed by atoms with Gasteiger partial charge in [0.1, 0.15) is 0 Å². The van der Waals surface area contributed by atoms with E-state index < -0.39 is 6.09 Å². The van der Waals surface area contributed by atoms with Crippen molar-refractivity contribution in [2.45, 2.75) is 33.2 Å². The number of carbonyl (C=O) groups is 2. The van der Waals surface area contributed by atoms with Crippen LogP contribution in [0.3, 0.4) is 0 Å². The predicted octanol–water partition coefficient (Wildman–Crippen LogP) is 5.53. The van der Waals surface area contributed by atoms with E-state index in [4.69, 9.17) is 16.3 Å². The van der Waals surface area contributed by atoms with Crippen LogP contribution in [0.5, 0.6) is 5.75 Å². The Bertz CT molecular complexity index is 1120. The van der Waals surface area contributed by atoms with Crippen LogP contribution in [0.15, 0.2) is 48.7 Å². The van der Waals surface area contributed by atoms with Gasteiger partial charge in [-0.1, -0.05) is 29.8 Å². The number of ether oxygens (including phenoxy) is 1. The Morgan fingerprint density at radius 3 is 2.55 bits per heavy atom. The van der Waals surface area contributed by atoms with Gasteiger partial charge in [0.25, 0.3) is 0 Å². The summed E-state index contributed by atoms with van der Waals surface area (Å²) in [6.07, 6.45) is 3.31. The smallest absolute Gasteiger partial charge is 0.408 e. The zero-order valence-electron chi connectivity index (χ0n) is 17.7. The summed E-state index contributed by atoms with van der Waals surface area (Å²) < 4.78 is 7.76. The normalized spacial score (nSPS) is 13.3. The van der Waals surface area contributed by atoms with Gasteiger partial charge in [-0.15, -0.1) is 0 Å². The van der Waals surface area contributed by atoms with Gasteiger partial charge in [0, 0.05) is 42.2 Å². The average molecular weight is 440 g/mol. The number of carbonyl (C=O) groups excluding carboxylic acids is 2. The first-order valence-electron chi connectivity index (χ1n) is 10.6. The van der Waals surface area contributed by atoms with Crippen LogP contribution in [0, 0.1) is 5.92 Å². The van der Waals surface area contributed by atoms with E-state index in [-0.39, 0.29) is 11.8 Å². The summed E-state index contributed by atoms with van der Waals surface area (Å²) in [6, 6.07) is 13.3. The van der Waals surface area contributed by atoms with Gasteiger partial charge in [-0.2, -0.15) is 0 Å². The minimum atomic E-state index is -0.429. The van der Waals surface area contributed by atoms with Crippen molar-refractivity contribution in [1.29, 1.82) is 0 Å². The molecule has 1 aliphatic carbocycles. The van der Waals surface area contributed by atoms with Crippen molar-refractivity contribution in [2.75, 3.05) is 18.4 Å². The molecule has 1 saturated carbocycles. The molecule has 1 fully saturated rings. The van der Waals surface area contributed by atoms with Gasteiger partial charge in [-0.25, -0.2) is 4.79 Å². The predicted molar refractivity (Wildman–Crippen MR) is 123 cm³/mol. The quantitative estimate of drug-likeness (QED) is 0.526. The third-order valence-electron chi connectivity index (χ3n) is 5.63. The van der Waals surface area contributed by atoms with Crippen molar-refractivity contribution >= 4 is 40.2 Å². The summed E-state index contributed by atoms with van der Waals surface area (Å²) in [5, 5.41) is 4.54. The molecular formula is C24H26ClN3O3. The molecule has 0 radical (unpaired) electrons. The summed E-state index contributed by atoms with van der Waals surface area (Å²) >= 11 is 6.34. The van der Waals surface area contributed by atoms with E-state index >= 15 is 0 Å². The molecule has 31 heavy (non-hydrogen) atoms.